The van der Waals surface area contributed by atoms with Crippen molar-refractivity contribution in [2.24, 2.45) is 5.73 Å². The molecule has 1 unspecified atom stereocenters. The molecule has 2 amide bonds. The van der Waals surface area contributed by atoms with Crippen LogP contribution in [0.3, 0.4) is 0 Å². The molecular weight excluding hydrogens is 484 g/mol. The van der Waals surface area contributed by atoms with E-state index < -0.39 is 17.5 Å². The molecule has 1 atom stereocenters. The van der Waals surface area contributed by atoms with Gasteiger partial charge >= 0.3 is 0 Å². The van der Waals surface area contributed by atoms with Crippen molar-refractivity contribution in [3.05, 3.63) is 71.8 Å². The molecule has 194 valence electrons. The highest BCUT2D eigenvalue weighted by molar-refractivity contribution is 6.03. The van der Waals surface area contributed by atoms with Crippen LogP contribution in [0.15, 0.2) is 54.6 Å². The summed E-state index contributed by atoms with van der Waals surface area (Å²) in [5, 5.41) is 4.60. The number of nitrogens with two attached hydrogens (primary N) is 2. The summed E-state index contributed by atoms with van der Waals surface area (Å²) in [6, 6.07) is 9.16. The van der Waals surface area contributed by atoms with Gasteiger partial charge in [0.2, 0.25) is 5.91 Å². The minimum absolute atomic E-state index is 0.0710. The SMILES string of the molecule is COCC=CC(=O)N1CCCC(n2nc(-c3ccc(Oc4ccc(F)cc4F)cc3)c(C(N)=O)c2N)C1. The Morgan fingerprint density at radius 3 is 2.62 bits per heavy atom. The highest BCUT2D eigenvalue weighted by Gasteiger charge is 2.29. The largest absolute Gasteiger partial charge is 0.454 e. The van der Waals surface area contributed by atoms with Gasteiger partial charge in [-0.25, -0.2) is 13.5 Å². The summed E-state index contributed by atoms with van der Waals surface area (Å²) in [4.78, 5) is 26.5. The molecule has 0 radical (unpaired) electrons. The molecule has 0 spiro atoms. The number of primary amides is 1. The highest BCUT2D eigenvalue weighted by atomic mass is 19.1. The molecule has 4 N–H and O–H groups in total. The minimum Gasteiger partial charge on any atom is -0.454 e. The number of aromatic nitrogens is 2. The molecule has 1 fully saturated rings. The van der Waals surface area contributed by atoms with Crippen LogP contribution in [0.4, 0.5) is 14.6 Å². The number of likely N-dealkylation sites (tertiary alicyclic amines) is 1. The van der Waals surface area contributed by atoms with Crippen molar-refractivity contribution < 1.29 is 27.8 Å². The van der Waals surface area contributed by atoms with Crippen LogP contribution >= 0.6 is 0 Å². The maximum atomic E-state index is 13.9. The average Bonchev–Trinajstić information content (AvgIpc) is 3.23. The Morgan fingerprint density at radius 1 is 1.19 bits per heavy atom. The first kappa shape index (κ1) is 25.8. The van der Waals surface area contributed by atoms with Crippen LogP contribution in [0.1, 0.15) is 29.2 Å². The van der Waals surface area contributed by atoms with Crippen molar-refractivity contribution in [2.45, 2.75) is 18.9 Å². The van der Waals surface area contributed by atoms with E-state index >= 15 is 0 Å². The third-order valence-corrected chi connectivity index (χ3v) is 6.02. The van der Waals surface area contributed by atoms with Gasteiger partial charge in [-0.05, 0) is 49.2 Å². The van der Waals surface area contributed by atoms with Crippen molar-refractivity contribution >= 4 is 17.6 Å². The molecule has 37 heavy (non-hydrogen) atoms. The van der Waals surface area contributed by atoms with Crippen LogP contribution in [0, 0.1) is 11.6 Å². The lowest BCUT2D eigenvalue weighted by atomic mass is 10.1. The van der Waals surface area contributed by atoms with E-state index in [1.54, 1.807) is 47.0 Å². The van der Waals surface area contributed by atoms with Gasteiger partial charge in [0.25, 0.3) is 5.91 Å². The number of hydrogen-bond acceptors (Lipinski definition) is 6. The third kappa shape index (κ3) is 5.78. The highest BCUT2D eigenvalue weighted by Crippen LogP contribution is 2.33. The summed E-state index contributed by atoms with van der Waals surface area (Å²) >= 11 is 0. The van der Waals surface area contributed by atoms with Gasteiger partial charge in [0.05, 0.1) is 12.6 Å². The van der Waals surface area contributed by atoms with Gasteiger partial charge in [-0.15, -0.1) is 0 Å². The van der Waals surface area contributed by atoms with Gasteiger partial charge in [0, 0.05) is 37.9 Å². The molecule has 3 aromatic rings. The fourth-order valence-electron chi connectivity index (χ4n) is 4.24. The number of halogens is 2. The number of amides is 2. The second-order valence-electron chi connectivity index (χ2n) is 8.56. The first-order valence-corrected chi connectivity index (χ1v) is 11.6. The lowest BCUT2D eigenvalue weighted by Crippen LogP contribution is -2.40. The second kappa shape index (κ2) is 11.2. The number of nitrogens with zero attached hydrogens (tertiary/aromatic N) is 3. The van der Waals surface area contributed by atoms with Crippen LogP contribution in [0.2, 0.25) is 0 Å². The second-order valence-corrected chi connectivity index (χ2v) is 8.56. The Hall–Kier alpha value is -4.25. The fraction of sp³-hybridized carbons (Fsp3) is 0.269. The molecular formula is C26H27F2N5O4. The number of carbonyl (C=O) groups excluding carboxylic acids is 2. The Morgan fingerprint density at radius 2 is 1.95 bits per heavy atom. The van der Waals surface area contributed by atoms with Crippen LogP contribution in [-0.2, 0) is 9.53 Å². The summed E-state index contributed by atoms with van der Waals surface area (Å²) < 4.78 is 39.0. The molecule has 9 nitrogen and oxygen atoms in total. The van der Waals surface area contributed by atoms with E-state index in [0.717, 1.165) is 18.6 Å². The van der Waals surface area contributed by atoms with Gasteiger partial charge in [-0.1, -0.05) is 6.08 Å². The Bertz CT molecular complexity index is 1320. The van der Waals surface area contributed by atoms with E-state index in [1.807, 2.05) is 0 Å². The summed E-state index contributed by atoms with van der Waals surface area (Å²) in [5.41, 5.74) is 12.9. The maximum Gasteiger partial charge on any atom is 0.254 e. The first-order valence-electron chi connectivity index (χ1n) is 11.6. The van der Waals surface area contributed by atoms with E-state index in [4.69, 9.17) is 20.9 Å². The topological polar surface area (TPSA) is 126 Å². The summed E-state index contributed by atoms with van der Waals surface area (Å²) in [5.74, 6) is -2.14. The number of rotatable bonds is 8. The standard InChI is InChI=1S/C26H27F2N5O4/c1-36-13-3-5-22(34)32-12-2-4-18(15-32)33-25(29)23(26(30)35)24(31-33)16-6-9-19(10-7-16)37-21-11-8-17(27)14-20(21)28/h3,5-11,14,18H,2,4,12-13,15,29H2,1H3,(H2,30,35). The van der Waals surface area contributed by atoms with E-state index in [0.29, 0.717) is 37.4 Å². The number of anilines is 1. The van der Waals surface area contributed by atoms with Crippen molar-refractivity contribution in [3.8, 4) is 22.8 Å². The predicted octanol–water partition coefficient (Wildman–Crippen LogP) is 3.67. The van der Waals surface area contributed by atoms with Gasteiger partial charge < -0.3 is 25.8 Å². The monoisotopic (exact) mass is 511 g/mol. The van der Waals surface area contributed by atoms with Crippen LogP contribution in [-0.4, -0.2) is 53.3 Å². The number of methoxy groups -OCH3 is 1. The molecule has 11 heteroatoms. The van der Waals surface area contributed by atoms with Crippen LogP contribution < -0.4 is 16.2 Å². The zero-order valence-corrected chi connectivity index (χ0v) is 20.2. The number of ether oxygens (including phenoxy) is 2. The summed E-state index contributed by atoms with van der Waals surface area (Å²) in [6.07, 6.45) is 4.57. The smallest absolute Gasteiger partial charge is 0.254 e. The Labute approximate surface area is 212 Å². The van der Waals surface area contributed by atoms with Crippen molar-refractivity contribution in [3.63, 3.8) is 0 Å². The number of hydrogen-bond donors (Lipinski definition) is 2. The molecule has 1 saturated heterocycles. The van der Waals surface area contributed by atoms with Gasteiger partial charge in [0.15, 0.2) is 11.6 Å². The quantitative estimate of drug-likeness (QED) is 0.445. The Balaban J connectivity index is 1.58. The van der Waals surface area contributed by atoms with Gasteiger partial charge in [-0.2, -0.15) is 5.10 Å². The third-order valence-electron chi connectivity index (χ3n) is 6.02. The molecule has 4 rings (SSSR count). The molecule has 0 bridgehead atoms. The van der Waals surface area contributed by atoms with E-state index in [1.165, 1.54) is 12.1 Å². The molecule has 2 aromatic carbocycles. The van der Waals surface area contributed by atoms with E-state index in [9.17, 15) is 18.4 Å². The molecule has 2 heterocycles. The van der Waals surface area contributed by atoms with Gasteiger partial charge in [-0.3, -0.25) is 9.59 Å². The van der Waals surface area contributed by atoms with E-state index in [2.05, 4.69) is 5.10 Å². The Kier molecular flexibility index (Phi) is 7.83. The van der Waals surface area contributed by atoms with Crippen LogP contribution in [0.5, 0.6) is 11.5 Å². The molecule has 1 aliphatic heterocycles. The average molecular weight is 512 g/mol. The number of carbonyl (C=O) groups is 2. The number of nitrogen functional groups attached to an aromatic ring is 1. The van der Waals surface area contributed by atoms with E-state index in [-0.39, 0.29) is 34.8 Å². The predicted molar refractivity (Wildman–Crippen MR) is 133 cm³/mol. The zero-order valence-electron chi connectivity index (χ0n) is 20.2. The minimum atomic E-state index is -0.833. The van der Waals surface area contributed by atoms with Crippen molar-refractivity contribution in [1.29, 1.82) is 0 Å². The molecule has 0 saturated carbocycles. The molecule has 0 aliphatic carbocycles. The zero-order chi connectivity index (χ0) is 26.5. The summed E-state index contributed by atoms with van der Waals surface area (Å²) in [7, 11) is 1.55. The first-order chi connectivity index (χ1) is 17.8. The number of benzene rings is 2. The fourth-order valence-corrected chi connectivity index (χ4v) is 4.24. The van der Waals surface area contributed by atoms with Crippen molar-refractivity contribution in [1.82, 2.24) is 14.7 Å². The lowest BCUT2D eigenvalue weighted by Gasteiger charge is -2.32. The van der Waals surface area contributed by atoms with Crippen LogP contribution in [0.25, 0.3) is 11.3 Å². The summed E-state index contributed by atoms with van der Waals surface area (Å²) in [6.45, 7) is 1.30. The lowest BCUT2D eigenvalue weighted by molar-refractivity contribution is -0.127. The molecule has 1 aliphatic rings. The number of piperidine rings is 1. The van der Waals surface area contributed by atoms with Crippen molar-refractivity contribution in [2.75, 3.05) is 32.5 Å². The van der Waals surface area contributed by atoms with Gasteiger partial charge in [0.1, 0.15) is 28.6 Å². The normalized spacial score (nSPS) is 15.8. The maximum absolute atomic E-state index is 13.9. The molecule has 1 aromatic heterocycles.